The SMILES string of the molecule is CSc1ncc(CO)n1Cc1ccc(N)cc1. The third kappa shape index (κ3) is 2.62. The van der Waals surface area contributed by atoms with E-state index in [0.717, 1.165) is 22.1 Å². The molecule has 2 rings (SSSR count). The van der Waals surface area contributed by atoms with E-state index in [-0.39, 0.29) is 6.61 Å². The van der Waals surface area contributed by atoms with E-state index < -0.39 is 0 Å². The van der Waals surface area contributed by atoms with E-state index in [4.69, 9.17) is 5.73 Å². The van der Waals surface area contributed by atoms with Crippen molar-refractivity contribution in [3.05, 3.63) is 41.7 Å². The fourth-order valence-electron chi connectivity index (χ4n) is 1.66. The van der Waals surface area contributed by atoms with Crippen LogP contribution in [0.4, 0.5) is 5.69 Å². The Morgan fingerprint density at radius 2 is 2.06 bits per heavy atom. The molecule has 0 fully saturated rings. The lowest BCUT2D eigenvalue weighted by Crippen LogP contribution is -2.05. The van der Waals surface area contributed by atoms with Crippen molar-refractivity contribution in [2.45, 2.75) is 18.3 Å². The second kappa shape index (κ2) is 5.25. The summed E-state index contributed by atoms with van der Waals surface area (Å²) in [6.45, 7) is 0.703. The second-order valence-corrected chi connectivity index (χ2v) is 4.50. The van der Waals surface area contributed by atoms with E-state index in [1.807, 2.05) is 35.1 Å². The number of anilines is 1. The summed E-state index contributed by atoms with van der Waals surface area (Å²) in [7, 11) is 0. The van der Waals surface area contributed by atoms with E-state index >= 15 is 0 Å². The summed E-state index contributed by atoms with van der Waals surface area (Å²) in [6.07, 6.45) is 3.69. The van der Waals surface area contributed by atoms with Gasteiger partial charge in [0.2, 0.25) is 0 Å². The van der Waals surface area contributed by atoms with Gasteiger partial charge in [-0.2, -0.15) is 0 Å². The maximum atomic E-state index is 9.26. The first kappa shape index (κ1) is 12.0. The molecule has 0 amide bonds. The molecule has 4 nitrogen and oxygen atoms in total. The molecule has 0 aliphatic heterocycles. The van der Waals surface area contributed by atoms with Crippen LogP contribution in [0, 0.1) is 0 Å². The fourth-order valence-corrected chi connectivity index (χ4v) is 2.22. The second-order valence-electron chi connectivity index (χ2n) is 3.72. The van der Waals surface area contributed by atoms with Gasteiger partial charge in [-0.15, -0.1) is 0 Å². The molecule has 5 heteroatoms. The van der Waals surface area contributed by atoms with Gasteiger partial charge in [0.05, 0.1) is 18.5 Å². The van der Waals surface area contributed by atoms with E-state index in [1.54, 1.807) is 18.0 Å². The van der Waals surface area contributed by atoms with Crippen LogP contribution in [-0.2, 0) is 13.2 Å². The van der Waals surface area contributed by atoms with Gasteiger partial charge in [0.15, 0.2) is 5.16 Å². The van der Waals surface area contributed by atoms with Crippen LogP contribution in [0.3, 0.4) is 0 Å². The first-order valence-corrected chi connectivity index (χ1v) is 6.50. The summed E-state index contributed by atoms with van der Waals surface area (Å²) in [6, 6.07) is 7.73. The number of nitrogens with two attached hydrogens (primary N) is 1. The zero-order valence-corrected chi connectivity index (χ0v) is 10.4. The van der Waals surface area contributed by atoms with Crippen LogP contribution in [0.5, 0.6) is 0 Å². The molecule has 0 aliphatic rings. The smallest absolute Gasteiger partial charge is 0.168 e. The maximum Gasteiger partial charge on any atom is 0.168 e. The van der Waals surface area contributed by atoms with Gasteiger partial charge in [-0.3, -0.25) is 0 Å². The summed E-state index contributed by atoms with van der Waals surface area (Å²) in [5.74, 6) is 0. The zero-order valence-electron chi connectivity index (χ0n) is 9.63. The van der Waals surface area contributed by atoms with Crippen LogP contribution in [-0.4, -0.2) is 20.9 Å². The van der Waals surface area contributed by atoms with E-state index in [0.29, 0.717) is 6.54 Å². The number of aliphatic hydroxyl groups is 1. The normalized spacial score (nSPS) is 10.7. The maximum absolute atomic E-state index is 9.26. The highest BCUT2D eigenvalue weighted by Gasteiger charge is 2.08. The van der Waals surface area contributed by atoms with Gasteiger partial charge in [-0.25, -0.2) is 4.98 Å². The first-order chi connectivity index (χ1) is 8.24. The minimum atomic E-state index is 0.00251. The molecule has 0 aliphatic carbocycles. The van der Waals surface area contributed by atoms with Crippen molar-refractivity contribution in [3.63, 3.8) is 0 Å². The number of aromatic nitrogens is 2. The van der Waals surface area contributed by atoms with Crippen molar-refractivity contribution < 1.29 is 5.11 Å². The zero-order chi connectivity index (χ0) is 12.3. The Balaban J connectivity index is 2.28. The van der Waals surface area contributed by atoms with Crippen molar-refractivity contribution in [2.24, 2.45) is 0 Å². The number of thioether (sulfide) groups is 1. The van der Waals surface area contributed by atoms with Crippen molar-refractivity contribution >= 4 is 17.4 Å². The number of nitrogens with zero attached hydrogens (tertiary/aromatic N) is 2. The molecule has 0 atom stereocenters. The molecule has 0 bridgehead atoms. The predicted molar refractivity (Wildman–Crippen MR) is 69.9 cm³/mol. The molecule has 1 aromatic carbocycles. The van der Waals surface area contributed by atoms with E-state index in [1.165, 1.54) is 0 Å². The van der Waals surface area contributed by atoms with Crippen LogP contribution in [0.1, 0.15) is 11.3 Å². The molecular weight excluding hydrogens is 234 g/mol. The van der Waals surface area contributed by atoms with Crippen LogP contribution in [0.15, 0.2) is 35.6 Å². The Morgan fingerprint density at radius 3 is 2.65 bits per heavy atom. The quantitative estimate of drug-likeness (QED) is 0.640. The number of rotatable bonds is 4. The molecule has 0 unspecified atom stereocenters. The van der Waals surface area contributed by atoms with Crippen LogP contribution in [0.25, 0.3) is 0 Å². The summed E-state index contributed by atoms with van der Waals surface area (Å²) in [5, 5.41) is 10.2. The van der Waals surface area contributed by atoms with E-state index in [2.05, 4.69) is 4.98 Å². The molecule has 1 heterocycles. The number of benzene rings is 1. The van der Waals surface area contributed by atoms with E-state index in [9.17, 15) is 5.11 Å². The van der Waals surface area contributed by atoms with Gasteiger partial charge in [0.25, 0.3) is 0 Å². The number of hydrogen-bond donors (Lipinski definition) is 2. The van der Waals surface area contributed by atoms with Crippen molar-refractivity contribution in [2.75, 3.05) is 12.0 Å². The molecule has 0 radical (unpaired) electrons. The average molecular weight is 249 g/mol. The Morgan fingerprint density at radius 1 is 1.35 bits per heavy atom. The molecular formula is C12H15N3OS. The predicted octanol–water partition coefficient (Wildman–Crippen LogP) is 1.73. The largest absolute Gasteiger partial charge is 0.399 e. The van der Waals surface area contributed by atoms with Crippen LogP contribution in [0.2, 0.25) is 0 Å². The number of nitrogen functional groups attached to an aromatic ring is 1. The lowest BCUT2D eigenvalue weighted by Gasteiger charge is -2.09. The third-order valence-electron chi connectivity index (χ3n) is 2.57. The summed E-state index contributed by atoms with van der Waals surface area (Å²) < 4.78 is 2.01. The lowest BCUT2D eigenvalue weighted by molar-refractivity contribution is 0.270. The average Bonchev–Trinajstić information content (AvgIpc) is 2.74. The Kier molecular flexibility index (Phi) is 3.71. The highest BCUT2D eigenvalue weighted by molar-refractivity contribution is 7.98. The Bertz CT molecular complexity index is 471. The van der Waals surface area contributed by atoms with Gasteiger partial charge in [-0.05, 0) is 24.0 Å². The minimum Gasteiger partial charge on any atom is -0.399 e. The van der Waals surface area contributed by atoms with Crippen molar-refractivity contribution in [1.29, 1.82) is 0 Å². The van der Waals surface area contributed by atoms with Gasteiger partial charge in [-0.1, -0.05) is 23.9 Å². The van der Waals surface area contributed by atoms with Gasteiger partial charge < -0.3 is 15.4 Å². The molecule has 90 valence electrons. The molecule has 3 N–H and O–H groups in total. The fraction of sp³-hybridized carbons (Fsp3) is 0.250. The molecule has 1 aromatic heterocycles. The molecule has 0 saturated carbocycles. The highest BCUT2D eigenvalue weighted by atomic mass is 32.2. The molecule has 2 aromatic rings. The third-order valence-corrected chi connectivity index (χ3v) is 3.26. The van der Waals surface area contributed by atoms with Gasteiger partial charge >= 0.3 is 0 Å². The Hall–Kier alpha value is -1.46. The molecule has 17 heavy (non-hydrogen) atoms. The number of hydrogen-bond acceptors (Lipinski definition) is 4. The highest BCUT2D eigenvalue weighted by Crippen LogP contribution is 2.18. The summed E-state index contributed by atoms with van der Waals surface area (Å²) in [5.41, 5.74) is 8.37. The van der Waals surface area contributed by atoms with Gasteiger partial charge in [0, 0.05) is 12.2 Å². The lowest BCUT2D eigenvalue weighted by atomic mass is 10.2. The number of aliphatic hydroxyl groups excluding tert-OH is 1. The molecule has 0 spiro atoms. The minimum absolute atomic E-state index is 0.00251. The van der Waals surface area contributed by atoms with Crippen molar-refractivity contribution in [1.82, 2.24) is 9.55 Å². The van der Waals surface area contributed by atoms with Crippen LogP contribution >= 0.6 is 11.8 Å². The summed E-state index contributed by atoms with van der Waals surface area (Å²) >= 11 is 1.57. The van der Waals surface area contributed by atoms with Gasteiger partial charge in [0.1, 0.15) is 0 Å². The Labute approximate surface area is 104 Å². The topological polar surface area (TPSA) is 64.1 Å². The molecule has 0 saturated heterocycles. The van der Waals surface area contributed by atoms with Crippen LogP contribution < -0.4 is 5.73 Å². The van der Waals surface area contributed by atoms with Crippen molar-refractivity contribution in [3.8, 4) is 0 Å². The summed E-state index contributed by atoms with van der Waals surface area (Å²) in [4.78, 5) is 4.26. The number of imidazole rings is 1. The standard InChI is InChI=1S/C12H15N3OS/c1-17-12-14-6-11(8-16)15(12)7-9-2-4-10(13)5-3-9/h2-6,16H,7-8,13H2,1H3. The monoisotopic (exact) mass is 249 g/mol. The first-order valence-electron chi connectivity index (χ1n) is 5.28.